The van der Waals surface area contributed by atoms with Crippen molar-refractivity contribution < 1.29 is 0 Å². The molecule has 16 heavy (non-hydrogen) atoms. The van der Waals surface area contributed by atoms with Gasteiger partial charge in [-0.1, -0.05) is 17.7 Å². The number of alkyl halides is 1. The molecule has 0 fully saturated rings. The molecule has 0 unspecified atom stereocenters. The molecule has 0 N–H and O–H groups in total. The summed E-state index contributed by atoms with van der Waals surface area (Å²) in [5.74, 6) is 2.14. The van der Waals surface area contributed by atoms with Crippen LogP contribution in [-0.2, 0) is 5.88 Å². The summed E-state index contributed by atoms with van der Waals surface area (Å²) >= 11 is 5.95. The smallest absolute Gasteiger partial charge is 0.148 e. The average Bonchev–Trinajstić information content (AvgIpc) is 2.57. The molecule has 0 saturated carbocycles. The van der Waals surface area contributed by atoms with Crippen LogP contribution in [0.4, 0.5) is 0 Å². The largest absolute Gasteiger partial charge is 0.218 e. The van der Waals surface area contributed by atoms with Gasteiger partial charge in [-0.2, -0.15) is 5.10 Å². The van der Waals surface area contributed by atoms with Gasteiger partial charge in [0.25, 0.3) is 0 Å². The summed E-state index contributed by atoms with van der Waals surface area (Å²) in [5, 5.41) is 4.37. The number of nitrogens with zero attached hydrogens (tertiary/aromatic N) is 3. The molecule has 0 aliphatic heterocycles. The molecular weight excluding hydrogens is 222 g/mol. The highest BCUT2D eigenvalue weighted by molar-refractivity contribution is 6.17. The van der Waals surface area contributed by atoms with Crippen molar-refractivity contribution in [3.05, 3.63) is 41.0 Å². The topological polar surface area (TPSA) is 30.7 Å². The minimum absolute atomic E-state index is 0.482. The maximum Gasteiger partial charge on any atom is 0.148 e. The van der Waals surface area contributed by atoms with Crippen molar-refractivity contribution in [1.82, 2.24) is 14.8 Å². The van der Waals surface area contributed by atoms with E-state index in [1.807, 2.05) is 24.6 Å². The van der Waals surface area contributed by atoms with E-state index in [1.165, 1.54) is 5.56 Å². The first-order valence-electron chi connectivity index (χ1n) is 5.18. The molecule has 84 valence electrons. The number of aryl methyl sites for hydroxylation is 3. The molecule has 1 aromatic heterocycles. The SMILES string of the molecule is Cc1ccc(-n2nc(C)nc2C)c(CCl)c1. The lowest BCUT2D eigenvalue weighted by molar-refractivity contribution is 0.823. The van der Waals surface area contributed by atoms with E-state index in [4.69, 9.17) is 11.6 Å². The van der Waals surface area contributed by atoms with E-state index in [1.54, 1.807) is 0 Å². The van der Waals surface area contributed by atoms with Gasteiger partial charge in [0.05, 0.1) is 5.69 Å². The van der Waals surface area contributed by atoms with Crippen LogP contribution < -0.4 is 0 Å². The molecule has 3 nitrogen and oxygen atoms in total. The summed E-state index contributed by atoms with van der Waals surface area (Å²) in [6, 6.07) is 6.18. The second-order valence-corrected chi connectivity index (χ2v) is 4.15. The van der Waals surface area contributed by atoms with Crippen LogP contribution in [0, 0.1) is 20.8 Å². The Labute approximate surface area is 100 Å². The summed E-state index contributed by atoms with van der Waals surface area (Å²) in [7, 11) is 0. The highest BCUT2D eigenvalue weighted by Gasteiger charge is 2.09. The van der Waals surface area contributed by atoms with E-state index < -0.39 is 0 Å². The molecule has 4 heteroatoms. The maximum absolute atomic E-state index is 5.95. The first-order valence-corrected chi connectivity index (χ1v) is 5.71. The number of hydrogen-bond acceptors (Lipinski definition) is 2. The van der Waals surface area contributed by atoms with Gasteiger partial charge in [-0.3, -0.25) is 0 Å². The third kappa shape index (κ3) is 1.95. The Morgan fingerprint density at radius 3 is 2.56 bits per heavy atom. The number of halogens is 1. The summed E-state index contributed by atoms with van der Waals surface area (Å²) in [6.07, 6.45) is 0. The monoisotopic (exact) mass is 235 g/mol. The maximum atomic E-state index is 5.95. The van der Waals surface area contributed by atoms with Crippen molar-refractivity contribution in [2.24, 2.45) is 0 Å². The quantitative estimate of drug-likeness (QED) is 0.750. The predicted molar refractivity (Wildman–Crippen MR) is 65.1 cm³/mol. The molecular formula is C12H14ClN3. The summed E-state index contributed by atoms with van der Waals surface area (Å²) < 4.78 is 1.84. The van der Waals surface area contributed by atoms with Gasteiger partial charge in [0.1, 0.15) is 11.6 Å². The zero-order valence-electron chi connectivity index (χ0n) is 9.66. The standard InChI is InChI=1S/C12H14ClN3/c1-8-4-5-12(11(6-8)7-13)16-10(3)14-9(2)15-16/h4-6H,7H2,1-3H3. The first-order chi connectivity index (χ1) is 7.61. The fourth-order valence-electron chi connectivity index (χ4n) is 1.78. The van der Waals surface area contributed by atoms with Crippen molar-refractivity contribution in [3.8, 4) is 5.69 Å². The molecule has 0 amide bonds. The van der Waals surface area contributed by atoms with Crippen LogP contribution in [0.3, 0.4) is 0 Å². The number of benzene rings is 1. The fraction of sp³-hybridized carbons (Fsp3) is 0.333. The normalized spacial score (nSPS) is 10.8. The molecule has 0 bridgehead atoms. The highest BCUT2D eigenvalue weighted by atomic mass is 35.5. The van der Waals surface area contributed by atoms with Gasteiger partial charge in [-0.25, -0.2) is 9.67 Å². The Morgan fingerprint density at radius 2 is 2.00 bits per heavy atom. The lowest BCUT2D eigenvalue weighted by Gasteiger charge is -2.09. The fourth-order valence-corrected chi connectivity index (χ4v) is 1.99. The molecule has 2 aromatic rings. The van der Waals surface area contributed by atoms with E-state index in [2.05, 4.69) is 29.1 Å². The summed E-state index contributed by atoms with van der Waals surface area (Å²) in [5.41, 5.74) is 3.29. The van der Waals surface area contributed by atoms with E-state index in [9.17, 15) is 0 Å². The third-order valence-corrected chi connectivity index (χ3v) is 2.77. The van der Waals surface area contributed by atoms with E-state index >= 15 is 0 Å². The Bertz CT molecular complexity index is 517. The lowest BCUT2D eigenvalue weighted by atomic mass is 10.1. The molecule has 0 aliphatic rings. The molecule has 0 atom stereocenters. The van der Waals surface area contributed by atoms with Gasteiger partial charge >= 0.3 is 0 Å². The van der Waals surface area contributed by atoms with Gasteiger partial charge in [-0.15, -0.1) is 11.6 Å². The summed E-state index contributed by atoms with van der Waals surface area (Å²) in [6.45, 7) is 5.88. The number of hydrogen-bond donors (Lipinski definition) is 0. The Kier molecular flexibility index (Phi) is 2.97. The second-order valence-electron chi connectivity index (χ2n) is 3.88. The lowest BCUT2D eigenvalue weighted by Crippen LogP contribution is -2.03. The molecule has 0 saturated heterocycles. The molecule has 0 aliphatic carbocycles. The van der Waals surface area contributed by atoms with E-state index in [-0.39, 0.29) is 0 Å². The summed E-state index contributed by atoms with van der Waals surface area (Å²) in [4.78, 5) is 4.29. The first kappa shape index (κ1) is 11.1. The van der Waals surface area contributed by atoms with Gasteiger partial charge in [0, 0.05) is 5.88 Å². The van der Waals surface area contributed by atoms with Crippen LogP contribution >= 0.6 is 11.6 Å². The van der Waals surface area contributed by atoms with Crippen molar-refractivity contribution in [3.63, 3.8) is 0 Å². The molecule has 1 aromatic carbocycles. The zero-order chi connectivity index (χ0) is 11.7. The molecule has 0 spiro atoms. The van der Waals surface area contributed by atoms with Crippen LogP contribution in [0.25, 0.3) is 5.69 Å². The minimum Gasteiger partial charge on any atom is -0.218 e. The van der Waals surface area contributed by atoms with Crippen LogP contribution in [0.15, 0.2) is 18.2 Å². The molecule has 2 rings (SSSR count). The van der Waals surface area contributed by atoms with Gasteiger partial charge in [-0.05, 0) is 32.4 Å². The van der Waals surface area contributed by atoms with Gasteiger partial charge in [0.2, 0.25) is 0 Å². The van der Waals surface area contributed by atoms with E-state index in [0.717, 1.165) is 22.9 Å². The van der Waals surface area contributed by atoms with Crippen LogP contribution in [0.5, 0.6) is 0 Å². The second kappa shape index (κ2) is 4.26. The van der Waals surface area contributed by atoms with Crippen molar-refractivity contribution in [1.29, 1.82) is 0 Å². The van der Waals surface area contributed by atoms with Crippen molar-refractivity contribution >= 4 is 11.6 Å². The minimum atomic E-state index is 0.482. The van der Waals surface area contributed by atoms with Gasteiger partial charge in [0.15, 0.2) is 0 Å². The third-order valence-electron chi connectivity index (χ3n) is 2.48. The molecule has 0 radical (unpaired) electrons. The van der Waals surface area contributed by atoms with Crippen molar-refractivity contribution in [2.45, 2.75) is 26.7 Å². The van der Waals surface area contributed by atoms with E-state index in [0.29, 0.717) is 5.88 Å². The number of aromatic nitrogens is 3. The number of rotatable bonds is 2. The van der Waals surface area contributed by atoms with Crippen LogP contribution in [0.2, 0.25) is 0 Å². The predicted octanol–water partition coefficient (Wildman–Crippen LogP) is 2.93. The Balaban J connectivity index is 2.59. The highest BCUT2D eigenvalue weighted by Crippen LogP contribution is 2.19. The van der Waals surface area contributed by atoms with Crippen molar-refractivity contribution in [2.75, 3.05) is 0 Å². The Hall–Kier alpha value is -1.35. The van der Waals surface area contributed by atoms with Crippen LogP contribution in [-0.4, -0.2) is 14.8 Å². The average molecular weight is 236 g/mol. The Morgan fingerprint density at radius 1 is 1.25 bits per heavy atom. The van der Waals surface area contributed by atoms with Gasteiger partial charge < -0.3 is 0 Å². The van der Waals surface area contributed by atoms with Crippen LogP contribution in [0.1, 0.15) is 22.8 Å². The zero-order valence-corrected chi connectivity index (χ0v) is 10.4. The molecule has 1 heterocycles.